The highest BCUT2D eigenvalue weighted by Crippen LogP contribution is 2.18. The van der Waals surface area contributed by atoms with E-state index in [1.807, 2.05) is 0 Å². The average Bonchev–Trinajstić information content (AvgIpc) is 2.96. The van der Waals surface area contributed by atoms with Gasteiger partial charge >= 0.3 is 12.1 Å². The topological polar surface area (TPSA) is 102 Å². The Morgan fingerprint density at radius 3 is 2.36 bits per heavy atom. The van der Waals surface area contributed by atoms with E-state index in [0.29, 0.717) is 10.8 Å². The minimum Gasteiger partial charge on any atom is -0.446 e. The molecule has 3 rings (SSSR count). The quantitative estimate of drug-likeness (QED) is 0.629. The molecule has 1 aliphatic heterocycles. The molecule has 1 fully saturated rings. The lowest BCUT2D eigenvalue weighted by Crippen LogP contribution is -2.32. The minimum atomic E-state index is -0.819. The van der Waals surface area contributed by atoms with Gasteiger partial charge in [-0.2, -0.15) is 0 Å². The summed E-state index contributed by atoms with van der Waals surface area (Å²) in [5, 5.41) is 3.12. The number of benzene rings is 1. The van der Waals surface area contributed by atoms with Crippen molar-refractivity contribution in [1.82, 2.24) is 5.06 Å². The fraction of sp³-hybridized carbons (Fsp3) is 0.400. The number of rotatable bonds is 4. The Balaban J connectivity index is 1.51. The lowest BCUT2D eigenvalue weighted by molar-refractivity contribution is -0.172. The summed E-state index contributed by atoms with van der Waals surface area (Å²) in [7, 11) is 0. The number of amides is 3. The third-order valence-electron chi connectivity index (χ3n) is 4.54. The maximum atomic E-state index is 12.1. The molecule has 28 heavy (non-hydrogen) atoms. The summed E-state index contributed by atoms with van der Waals surface area (Å²) >= 11 is 0. The zero-order valence-corrected chi connectivity index (χ0v) is 15.4. The van der Waals surface area contributed by atoms with Crippen molar-refractivity contribution in [2.75, 3.05) is 5.32 Å². The molecule has 8 nitrogen and oxygen atoms in total. The van der Waals surface area contributed by atoms with Gasteiger partial charge in [0.05, 0.1) is 5.56 Å². The summed E-state index contributed by atoms with van der Waals surface area (Å²) in [4.78, 5) is 52.0. The first kappa shape index (κ1) is 19.6. The standard InChI is InChI=1S/C20H22N2O6/c23-17-12-13-18(24)22(17)28-19(25)14-8-10-15(11-9-14)21-20(26)27-16-6-4-2-1-3-5-7-16/h1-2,8-11,16H,3-7,12-13H2,(H,21,26)/b2-1+. The number of anilines is 1. The number of hydrogen-bond acceptors (Lipinski definition) is 6. The molecule has 1 atom stereocenters. The van der Waals surface area contributed by atoms with E-state index in [2.05, 4.69) is 17.5 Å². The first-order valence-corrected chi connectivity index (χ1v) is 9.34. The molecule has 1 N–H and O–H groups in total. The Hall–Kier alpha value is -3.16. The molecule has 2 aliphatic rings. The highest BCUT2D eigenvalue weighted by Gasteiger charge is 2.33. The largest absolute Gasteiger partial charge is 0.446 e. The molecule has 0 radical (unpaired) electrons. The van der Waals surface area contributed by atoms with E-state index < -0.39 is 23.9 Å². The van der Waals surface area contributed by atoms with Crippen LogP contribution in [0.2, 0.25) is 0 Å². The molecule has 1 aromatic carbocycles. The molecule has 1 unspecified atom stereocenters. The molecule has 1 saturated heterocycles. The lowest BCUT2D eigenvalue weighted by Gasteiger charge is -2.18. The Kier molecular flexibility index (Phi) is 6.41. The van der Waals surface area contributed by atoms with E-state index in [-0.39, 0.29) is 24.5 Å². The summed E-state index contributed by atoms with van der Waals surface area (Å²) < 4.78 is 5.46. The zero-order chi connectivity index (χ0) is 19.9. The number of nitrogens with one attached hydrogen (secondary N) is 1. The van der Waals surface area contributed by atoms with Gasteiger partial charge in [-0.1, -0.05) is 12.2 Å². The maximum Gasteiger partial charge on any atom is 0.411 e. The number of allylic oxidation sites excluding steroid dienone is 2. The predicted molar refractivity (Wildman–Crippen MR) is 99.1 cm³/mol. The molecule has 0 spiro atoms. The third kappa shape index (κ3) is 5.18. The van der Waals surface area contributed by atoms with Crippen LogP contribution >= 0.6 is 0 Å². The number of nitrogens with zero attached hydrogens (tertiary/aromatic N) is 1. The second-order valence-corrected chi connectivity index (χ2v) is 6.67. The Morgan fingerprint density at radius 1 is 0.964 bits per heavy atom. The minimum absolute atomic E-state index is 0.0361. The maximum absolute atomic E-state index is 12.1. The molecule has 1 aromatic rings. The van der Waals surface area contributed by atoms with Crippen LogP contribution in [-0.2, 0) is 19.2 Å². The fourth-order valence-electron chi connectivity index (χ4n) is 3.03. The van der Waals surface area contributed by atoms with Crippen LogP contribution in [0.4, 0.5) is 10.5 Å². The van der Waals surface area contributed by atoms with Gasteiger partial charge in [-0.25, -0.2) is 9.59 Å². The van der Waals surface area contributed by atoms with E-state index in [4.69, 9.17) is 9.57 Å². The van der Waals surface area contributed by atoms with Crippen molar-refractivity contribution in [1.29, 1.82) is 0 Å². The van der Waals surface area contributed by atoms with Gasteiger partial charge in [-0.05, 0) is 56.4 Å². The number of imide groups is 1. The van der Waals surface area contributed by atoms with Crippen molar-refractivity contribution < 1.29 is 28.8 Å². The van der Waals surface area contributed by atoms with Crippen LogP contribution in [0.1, 0.15) is 55.3 Å². The normalized spacial score (nSPS) is 20.9. The van der Waals surface area contributed by atoms with E-state index in [1.54, 1.807) is 0 Å². The van der Waals surface area contributed by atoms with Crippen LogP contribution in [-0.4, -0.2) is 35.0 Å². The van der Waals surface area contributed by atoms with Crippen molar-refractivity contribution >= 4 is 29.6 Å². The van der Waals surface area contributed by atoms with Gasteiger partial charge in [0.2, 0.25) is 0 Å². The number of carbonyl (C=O) groups is 4. The molecule has 8 heteroatoms. The van der Waals surface area contributed by atoms with Crippen molar-refractivity contribution in [3.63, 3.8) is 0 Å². The van der Waals surface area contributed by atoms with Gasteiger partial charge in [-0.15, -0.1) is 5.06 Å². The number of hydroxylamine groups is 2. The number of hydrogen-bond donors (Lipinski definition) is 1. The van der Waals surface area contributed by atoms with Crippen molar-refractivity contribution in [2.24, 2.45) is 0 Å². The fourth-order valence-corrected chi connectivity index (χ4v) is 3.03. The summed E-state index contributed by atoms with van der Waals surface area (Å²) in [5.41, 5.74) is 0.610. The molecule has 148 valence electrons. The Morgan fingerprint density at radius 2 is 1.64 bits per heavy atom. The van der Waals surface area contributed by atoms with Crippen LogP contribution in [0.25, 0.3) is 0 Å². The van der Waals surface area contributed by atoms with Gasteiger partial charge < -0.3 is 9.57 Å². The van der Waals surface area contributed by atoms with Crippen LogP contribution < -0.4 is 5.32 Å². The second-order valence-electron chi connectivity index (χ2n) is 6.67. The van der Waals surface area contributed by atoms with Crippen LogP contribution in [0.5, 0.6) is 0 Å². The molecule has 1 heterocycles. The van der Waals surface area contributed by atoms with E-state index in [9.17, 15) is 19.2 Å². The van der Waals surface area contributed by atoms with Gasteiger partial charge in [-0.3, -0.25) is 14.9 Å². The summed E-state index contributed by atoms with van der Waals surface area (Å²) in [6.45, 7) is 0. The highest BCUT2D eigenvalue weighted by atomic mass is 16.7. The van der Waals surface area contributed by atoms with Crippen molar-refractivity contribution in [2.45, 2.75) is 51.0 Å². The second kappa shape index (κ2) is 9.16. The first-order valence-electron chi connectivity index (χ1n) is 9.34. The first-order chi connectivity index (χ1) is 13.5. The third-order valence-corrected chi connectivity index (χ3v) is 4.54. The highest BCUT2D eigenvalue weighted by molar-refractivity contribution is 6.02. The smallest absolute Gasteiger partial charge is 0.411 e. The zero-order valence-electron chi connectivity index (χ0n) is 15.4. The van der Waals surface area contributed by atoms with Crippen LogP contribution in [0.15, 0.2) is 36.4 Å². The molecule has 1 aliphatic carbocycles. The SMILES string of the molecule is O=C(Nc1ccc(C(=O)ON2C(=O)CCC2=O)cc1)OC1CC/C=C/CCC1. The van der Waals surface area contributed by atoms with E-state index in [1.165, 1.54) is 24.3 Å². The van der Waals surface area contributed by atoms with Crippen molar-refractivity contribution in [3.8, 4) is 0 Å². The molecule has 0 bridgehead atoms. The lowest BCUT2D eigenvalue weighted by atomic mass is 10.0. The summed E-state index contributed by atoms with van der Waals surface area (Å²) in [6, 6.07) is 5.91. The van der Waals surface area contributed by atoms with Gasteiger partial charge in [0, 0.05) is 18.5 Å². The Labute approximate surface area is 162 Å². The number of ether oxygens (including phenoxy) is 1. The van der Waals surface area contributed by atoms with E-state index in [0.717, 1.165) is 32.1 Å². The molecule has 0 aromatic heterocycles. The molecule has 0 saturated carbocycles. The van der Waals surface area contributed by atoms with Crippen LogP contribution in [0, 0.1) is 0 Å². The average molecular weight is 386 g/mol. The molecular weight excluding hydrogens is 364 g/mol. The monoisotopic (exact) mass is 386 g/mol. The van der Waals surface area contributed by atoms with Gasteiger partial charge in [0.25, 0.3) is 11.8 Å². The molecule has 3 amide bonds. The van der Waals surface area contributed by atoms with Gasteiger partial charge in [0.1, 0.15) is 6.10 Å². The molecular formula is C20H22N2O6. The predicted octanol–water partition coefficient (Wildman–Crippen LogP) is 3.34. The van der Waals surface area contributed by atoms with Crippen molar-refractivity contribution in [3.05, 3.63) is 42.0 Å². The van der Waals surface area contributed by atoms with E-state index >= 15 is 0 Å². The summed E-state index contributed by atoms with van der Waals surface area (Å²) in [6.07, 6.45) is 8.15. The van der Waals surface area contributed by atoms with Gasteiger partial charge in [0.15, 0.2) is 0 Å². The summed E-state index contributed by atoms with van der Waals surface area (Å²) in [5.74, 6) is -1.89. The van der Waals surface area contributed by atoms with Crippen LogP contribution in [0.3, 0.4) is 0 Å². The Bertz CT molecular complexity index is 770. The number of carbonyl (C=O) groups excluding carboxylic acids is 4.